The molecular weight excluding hydrogens is 505 g/mol. The van der Waals surface area contributed by atoms with Crippen LogP contribution < -0.4 is 10.0 Å². The van der Waals surface area contributed by atoms with E-state index in [2.05, 4.69) is 5.32 Å². The van der Waals surface area contributed by atoms with E-state index in [0.29, 0.717) is 23.8 Å². The van der Waals surface area contributed by atoms with Crippen molar-refractivity contribution in [3.63, 3.8) is 0 Å². The monoisotopic (exact) mass is 526 g/mol. The summed E-state index contributed by atoms with van der Waals surface area (Å²) in [6.07, 6.45) is -5.06. The number of carbonyl (C=O) groups is 1. The highest BCUT2D eigenvalue weighted by molar-refractivity contribution is 7.91. The summed E-state index contributed by atoms with van der Waals surface area (Å²) >= 11 is 0. The third kappa shape index (κ3) is 6.27. The molecule has 0 aromatic heterocycles. The van der Waals surface area contributed by atoms with Crippen molar-refractivity contribution in [2.45, 2.75) is 27.8 Å². The van der Waals surface area contributed by atoms with Gasteiger partial charge >= 0.3 is 6.18 Å². The Balaban J connectivity index is 1.83. The van der Waals surface area contributed by atoms with Crippen molar-refractivity contribution in [2.24, 2.45) is 0 Å². The molecule has 0 aliphatic rings. The molecule has 0 heterocycles. The highest BCUT2D eigenvalue weighted by Gasteiger charge is 2.38. The fourth-order valence-corrected chi connectivity index (χ4v) is 5.77. The number of sulfone groups is 1. The van der Waals surface area contributed by atoms with Gasteiger partial charge in [-0.3, -0.25) is 4.79 Å². The number of carbonyl (C=O) groups excluding carboxylic acids is 1. The van der Waals surface area contributed by atoms with Crippen LogP contribution >= 0.6 is 0 Å². The van der Waals surface area contributed by atoms with Crippen molar-refractivity contribution < 1.29 is 34.8 Å². The maximum Gasteiger partial charge on any atom is 0.417 e. The highest BCUT2D eigenvalue weighted by Crippen LogP contribution is 2.36. The molecule has 0 aliphatic carbocycles. The zero-order chi connectivity index (χ0) is 25.9. The van der Waals surface area contributed by atoms with E-state index >= 15 is 0 Å². The lowest BCUT2D eigenvalue weighted by molar-refractivity contribution is -0.139. The average molecular weight is 527 g/mol. The van der Waals surface area contributed by atoms with E-state index < -0.39 is 53.8 Å². The predicted octanol–water partition coefficient (Wildman–Crippen LogP) is 3.55. The third-order valence-corrected chi connectivity index (χ3v) is 8.20. The molecule has 3 rings (SSSR count). The van der Waals surface area contributed by atoms with Gasteiger partial charge in [0.25, 0.3) is 5.91 Å². The lowest BCUT2D eigenvalue weighted by Crippen LogP contribution is -2.35. The SMILES string of the molecule is Cc1ccc(C(=O)NCCNS(=O)(=O)c2cc(S(=O)(=O)c3ccccc3)ccc2C(F)(F)F)cc1. The quantitative estimate of drug-likeness (QED) is 0.437. The van der Waals surface area contributed by atoms with Crippen LogP contribution in [-0.4, -0.2) is 35.8 Å². The predicted molar refractivity (Wildman–Crippen MR) is 122 cm³/mol. The van der Waals surface area contributed by atoms with Crippen molar-refractivity contribution in [1.82, 2.24) is 10.0 Å². The van der Waals surface area contributed by atoms with E-state index in [1.54, 1.807) is 30.3 Å². The van der Waals surface area contributed by atoms with Crippen molar-refractivity contribution in [2.75, 3.05) is 13.1 Å². The number of rotatable bonds is 8. The number of nitrogens with one attached hydrogen (secondary N) is 2. The fraction of sp³-hybridized carbons (Fsp3) is 0.174. The van der Waals surface area contributed by atoms with Crippen LogP contribution in [0.1, 0.15) is 21.5 Å². The topological polar surface area (TPSA) is 109 Å². The van der Waals surface area contributed by atoms with Gasteiger partial charge in [0, 0.05) is 18.7 Å². The Labute approximate surface area is 201 Å². The van der Waals surface area contributed by atoms with E-state index in [0.717, 1.165) is 5.56 Å². The average Bonchev–Trinajstić information content (AvgIpc) is 2.81. The molecule has 3 aromatic carbocycles. The van der Waals surface area contributed by atoms with E-state index in [1.165, 1.54) is 24.3 Å². The Morgan fingerprint density at radius 1 is 0.829 bits per heavy atom. The van der Waals surface area contributed by atoms with Crippen LogP contribution in [0.5, 0.6) is 0 Å². The standard InChI is InChI=1S/C23H21F3N2O5S2/c1-16-7-9-17(10-8-16)22(29)27-13-14-28-35(32,33)21-15-19(11-12-20(21)23(24,25)26)34(30,31)18-5-3-2-4-6-18/h2-12,15,28H,13-14H2,1H3,(H,27,29). The highest BCUT2D eigenvalue weighted by atomic mass is 32.2. The Morgan fingerprint density at radius 3 is 2.06 bits per heavy atom. The van der Waals surface area contributed by atoms with Gasteiger partial charge in [0.2, 0.25) is 19.9 Å². The number of hydrogen-bond donors (Lipinski definition) is 2. The van der Waals surface area contributed by atoms with Gasteiger partial charge in [-0.2, -0.15) is 13.2 Å². The summed E-state index contributed by atoms with van der Waals surface area (Å²) in [6.45, 7) is 1.20. The van der Waals surface area contributed by atoms with E-state index in [9.17, 15) is 34.8 Å². The lowest BCUT2D eigenvalue weighted by atomic mass is 10.1. The molecule has 2 N–H and O–H groups in total. The number of halogens is 3. The summed E-state index contributed by atoms with van der Waals surface area (Å²) in [5, 5.41) is 2.46. The van der Waals surface area contributed by atoms with Crippen molar-refractivity contribution in [1.29, 1.82) is 0 Å². The minimum absolute atomic E-state index is 0.199. The van der Waals surface area contributed by atoms with Gasteiger partial charge < -0.3 is 5.32 Å². The number of alkyl halides is 3. The minimum Gasteiger partial charge on any atom is -0.351 e. The summed E-state index contributed by atoms with van der Waals surface area (Å²) in [4.78, 5) is 10.1. The van der Waals surface area contributed by atoms with Gasteiger partial charge in [-0.25, -0.2) is 21.6 Å². The second kappa shape index (κ2) is 10.2. The van der Waals surface area contributed by atoms with Crippen molar-refractivity contribution in [3.05, 3.63) is 89.5 Å². The first-order valence-electron chi connectivity index (χ1n) is 10.2. The molecule has 0 saturated heterocycles. The normalized spacial score (nSPS) is 12.3. The first-order valence-corrected chi connectivity index (χ1v) is 13.1. The molecule has 0 atom stereocenters. The van der Waals surface area contributed by atoms with Crippen LogP contribution in [0, 0.1) is 6.92 Å². The van der Waals surface area contributed by atoms with E-state index in [-0.39, 0.29) is 11.4 Å². The fourth-order valence-electron chi connectivity index (χ4n) is 3.11. The van der Waals surface area contributed by atoms with Crippen LogP contribution in [0.2, 0.25) is 0 Å². The Kier molecular flexibility index (Phi) is 7.68. The van der Waals surface area contributed by atoms with Crippen LogP contribution in [0.25, 0.3) is 0 Å². The molecule has 186 valence electrons. The van der Waals surface area contributed by atoms with Crippen LogP contribution in [0.4, 0.5) is 13.2 Å². The summed E-state index contributed by atoms with van der Waals surface area (Å²) in [7, 11) is -9.06. The van der Waals surface area contributed by atoms with Crippen molar-refractivity contribution >= 4 is 25.8 Å². The number of aryl methyl sites for hydroxylation is 1. The number of sulfonamides is 1. The first-order chi connectivity index (χ1) is 16.3. The maximum absolute atomic E-state index is 13.5. The molecule has 3 aromatic rings. The van der Waals surface area contributed by atoms with Gasteiger partial charge in [0.1, 0.15) is 0 Å². The molecule has 12 heteroatoms. The molecule has 0 spiro atoms. The third-order valence-electron chi connectivity index (χ3n) is 4.93. The Morgan fingerprint density at radius 2 is 1.46 bits per heavy atom. The number of hydrogen-bond acceptors (Lipinski definition) is 5. The van der Waals surface area contributed by atoms with Gasteiger partial charge in [-0.1, -0.05) is 35.9 Å². The van der Waals surface area contributed by atoms with Crippen LogP contribution in [-0.2, 0) is 26.0 Å². The summed E-state index contributed by atoms with van der Waals surface area (Å²) in [5.41, 5.74) is -0.247. The first kappa shape index (κ1) is 26.4. The molecular formula is C23H21F3N2O5S2. The second-order valence-electron chi connectivity index (χ2n) is 7.49. The van der Waals surface area contributed by atoms with E-state index in [1.807, 2.05) is 11.6 Å². The number of benzene rings is 3. The number of amides is 1. The largest absolute Gasteiger partial charge is 0.417 e. The summed E-state index contributed by atoms with van der Waals surface area (Å²) < 4.78 is 93.7. The van der Waals surface area contributed by atoms with E-state index in [4.69, 9.17) is 0 Å². The molecule has 0 fully saturated rings. The molecule has 0 saturated carbocycles. The Bertz CT molecular complexity index is 1420. The summed E-state index contributed by atoms with van der Waals surface area (Å²) in [6, 6.07) is 15.1. The molecule has 0 unspecified atom stereocenters. The zero-order valence-corrected chi connectivity index (χ0v) is 20.0. The Hall–Kier alpha value is -3.22. The van der Waals surface area contributed by atoms with Gasteiger partial charge in [-0.05, 0) is 49.4 Å². The minimum atomic E-state index is -5.06. The molecule has 35 heavy (non-hydrogen) atoms. The molecule has 0 bridgehead atoms. The molecule has 1 amide bonds. The molecule has 7 nitrogen and oxygen atoms in total. The van der Waals surface area contributed by atoms with Crippen LogP contribution in [0.15, 0.2) is 87.5 Å². The van der Waals surface area contributed by atoms with Crippen molar-refractivity contribution in [3.8, 4) is 0 Å². The smallest absolute Gasteiger partial charge is 0.351 e. The van der Waals surface area contributed by atoms with Crippen LogP contribution in [0.3, 0.4) is 0 Å². The summed E-state index contributed by atoms with van der Waals surface area (Å²) in [5.74, 6) is -0.490. The molecule has 0 radical (unpaired) electrons. The lowest BCUT2D eigenvalue weighted by Gasteiger charge is -2.16. The van der Waals surface area contributed by atoms with Gasteiger partial charge in [0.15, 0.2) is 0 Å². The molecule has 0 aliphatic heterocycles. The second-order valence-corrected chi connectivity index (χ2v) is 11.2. The van der Waals surface area contributed by atoms with Gasteiger partial charge in [-0.15, -0.1) is 0 Å². The zero-order valence-electron chi connectivity index (χ0n) is 18.3. The van der Waals surface area contributed by atoms with Gasteiger partial charge in [0.05, 0.1) is 20.2 Å². The maximum atomic E-state index is 13.5.